The zero-order valence-corrected chi connectivity index (χ0v) is 11.4. The van der Waals surface area contributed by atoms with Crippen molar-refractivity contribution in [3.8, 4) is 0 Å². The van der Waals surface area contributed by atoms with E-state index in [1.165, 1.54) is 6.26 Å². The van der Waals surface area contributed by atoms with Gasteiger partial charge < -0.3 is 19.8 Å². The highest BCUT2D eigenvalue weighted by Crippen LogP contribution is 2.23. The van der Waals surface area contributed by atoms with Crippen LogP contribution in [0.15, 0.2) is 34.9 Å². The number of furan rings is 1. The van der Waals surface area contributed by atoms with Crippen molar-refractivity contribution in [1.82, 2.24) is 4.90 Å². The average Bonchev–Trinajstić information content (AvgIpc) is 2.90. The summed E-state index contributed by atoms with van der Waals surface area (Å²) in [7, 11) is 0. The van der Waals surface area contributed by atoms with Gasteiger partial charge in [0, 0.05) is 24.5 Å². The van der Waals surface area contributed by atoms with Crippen LogP contribution in [-0.2, 0) is 4.74 Å². The maximum atomic E-state index is 12.6. The molecule has 1 aliphatic rings. The van der Waals surface area contributed by atoms with Crippen molar-refractivity contribution in [1.29, 1.82) is 0 Å². The molecule has 1 saturated heterocycles. The third-order valence-electron chi connectivity index (χ3n) is 3.68. The maximum absolute atomic E-state index is 12.6. The lowest BCUT2D eigenvalue weighted by molar-refractivity contribution is -0.0299. The number of benzene rings is 1. The molecule has 1 aliphatic heterocycles. The number of amides is 1. The SMILES string of the molecule is C[C@H](N)[C@@H]1CN(C(=O)c2coc3ccccc23)CCO1. The van der Waals surface area contributed by atoms with Crippen LogP contribution in [0.4, 0.5) is 0 Å². The molecule has 2 aromatic rings. The van der Waals surface area contributed by atoms with Gasteiger partial charge in [0.25, 0.3) is 5.91 Å². The summed E-state index contributed by atoms with van der Waals surface area (Å²) in [6.45, 7) is 3.52. The normalized spacial score (nSPS) is 21.1. The Morgan fingerprint density at radius 2 is 2.25 bits per heavy atom. The summed E-state index contributed by atoms with van der Waals surface area (Å²) < 4.78 is 11.0. The number of carbonyl (C=O) groups excluding carboxylic acids is 1. The largest absolute Gasteiger partial charge is 0.463 e. The number of fused-ring (bicyclic) bond motifs is 1. The predicted molar refractivity (Wildman–Crippen MR) is 75.5 cm³/mol. The van der Waals surface area contributed by atoms with Gasteiger partial charge in [0.15, 0.2) is 0 Å². The van der Waals surface area contributed by atoms with E-state index in [4.69, 9.17) is 14.9 Å². The molecule has 0 spiro atoms. The fourth-order valence-electron chi connectivity index (χ4n) is 2.49. The molecule has 2 N–H and O–H groups in total. The molecule has 2 atom stereocenters. The number of rotatable bonds is 2. The topological polar surface area (TPSA) is 68.7 Å². The highest BCUT2D eigenvalue weighted by Gasteiger charge is 2.28. The molecular weight excluding hydrogens is 256 g/mol. The van der Waals surface area contributed by atoms with Crippen LogP contribution in [0.3, 0.4) is 0 Å². The number of morpholine rings is 1. The van der Waals surface area contributed by atoms with E-state index in [0.717, 1.165) is 11.0 Å². The molecule has 0 radical (unpaired) electrons. The van der Waals surface area contributed by atoms with Gasteiger partial charge in [0.1, 0.15) is 11.8 Å². The quantitative estimate of drug-likeness (QED) is 0.903. The third-order valence-corrected chi connectivity index (χ3v) is 3.68. The van der Waals surface area contributed by atoms with E-state index in [2.05, 4.69) is 0 Å². The van der Waals surface area contributed by atoms with Gasteiger partial charge in [-0.1, -0.05) is 18.2 Å². The van der Waals surface area contributed by atoms with Crippen LogP contribution in [-0.4, -0.2) is 42.6 Å². The van der Waals surface area contributed by atoms with E-state index in [9.17, 15) is 4.79 Å². The number of nitrogens with zero attached hydrogens (tertiary/aromatic N) is 1. The fourth-order valence-corrected chi connectivity index (χ4v) is 2.49. The van der Waals surface area contributed by atoms with E-state index in [1.807, 2.05) is 31.2 Å². The minimum Gasteiger partial charge on any atom is -0.463 e. The van der Waals surface area contributed by atoms with E-state index < -0.39 is 0 Å². The van der Waals surface area contributed by atoms with Crippen LogP contribution in [0, 0.1) is 0 Å². The Morgan fingerprint density at radius 3 is 3.05 bits per heavy atom. The highest BCUT2D eigenvalue weighted by molar-refractivity contribution is 6.05. The summed E-state index contributed by atoms with van der Waals surface area (Å²) in [5, 5.41) is 0.848. The number of hydrogen-bond donors (Lipinski definition) is 1. The second kappa shape index (κ2) is 5.26. The van der Waals surface area contributed by atoms with Gasteiger partial charge >= 0.3 is 0 Å². The molecule has 1 aromatic carbocycles. The molecule has 0 aliphatic carbocycles. The lowest BCUT2D eigenvalue weighted by Crippen LogP contribution is -2.51. The zero-order valence-electron chi connectivity index (χ0n) is 11.4. The van der Waals surface area contributed by atoms with Crippen LogP contribution in [0.25, 0.3) is 11.0 Å². The van der Waals surface area contributed by atoms with Crippen molar-refractivity contribution >= 4 is 16.9 Å². The molecule has 2 heterocycles. The molecule has 1 aromatic heterocycles. The molecule has 1 amide bonds. The van der Waals surface area contributed by atoms with Crippen LogP contribution in [0.5, 0.6) is 0 Å². The summed E-state index contributed by atoms with van der Waals surface area (Å²) in [5.41, 5.74) is 7.19. The van der Waals surface area contributed by atoms with Gasteiger partial charge in [-0.2, -0.15) is 0 Å². The van der Waals surface area contributed by atoms with Crippen LogP contribution in [0.1, 0.15) is 17.3 Å². The number of para-hydroxylation sites is 1. The lowest BCUT2D eigenvalue weighted by Gasteiger charge is -2.34. The first-order valence-electron chi connectivity index (χ1n) is 6.79. The summed E-state index contributed by atoms with van der Waals surface area (Å²) in [5.74, 6) is -0.0242. The second-order valence-corrected chi connectivity index (χ2v) is 5.17. The first kappa shape index (κ1) is 13.1. The Morgan fingerprint density at radius 1 is 1.45 bits per heavy atom. The minimum atomic E-state index is -0.106. The van der Waals surface area contributed by atoms with Gasteiger partial charge in [0.05, 0.1) is 18.3 Å². The lowest BCUT2D eigenvalue weighted by atomic mass is 10.1. The van der Waals surface area contributed by atoms with Gasteiger partial charge in [0.2, 0.25) is 0 Å². The molecule has 3 rings (SSSR count). The molecular formula is C15H18N2O3. The predicted octanol–water partition coefficient (Wildman–Crippen LogP) is 1.62. The standard InChI is InChI=1S/C15H18N2O3/c1-10(16)14-8-17(6-7-19-14)15(18)12-9-20-13-5-3-2-4-11(12)13/h2-5,9-10,14H,6-8,16H2,1H3/t10-,14-/m0/s1. The number of nitrogens with two attached hydrogens (primary N) is 1. The van der Waals surface area contributed by atoms with Gasteiger partial charge in [-0.05, 0) is 13.0 Å². The molecule has 1 fully saturated rings. The molecule has 0 bridgehead atoms. The smallest absolute Gasteiger partial charge is 0.257 e. The van der Waals surface area contributed by atoms with Crippen molar-refractivity contribution < 1.29 is 13.9 Å². The van der Waals surface area contributed by atoms with Crippen LogP contribution < -0.4 is 5.73 Å². The summed E-state index contributed by atoms with van der Waals surface area (Å²) in [6, 6.07) is 7.46. The third kappa shape index (κ3) is 2.30. The van der Waals surface area contributed by atoms with E-state index in [1.54, 1.807) is 4.90 Å². The Labute approximate surface area is 117 Å². The van der Waals surface area contributed by atoms with Gasteiger partial charge in [-0.25, -0.2) is 0 Å². The summed E-state index contributed by atoms with van der Waals surface area (Å²) in [6.07, 6.45) is 1.43. The van der Waals surface area contributed by atoms with E-state index in [0.29, 0.717) is 25.3 Å². The minimum absolute atomic E-state index is 0.0242. The first-order valence-corrected chi connectivity index (χ1v) is 6.79. The molecule has 0 unspecified atom stereocenters. The van der Waals surface area contributed by atoms with Gasteiger partial charge in [-0.15, -0.1) is 0 Å². The molecule has 5 nitrogen and oxygen atoms in total. The molecule has 20 heavy (non-hydrogen) atoms. The molecule has 0 saturated carbocycles. The van der Waals surface area contributed by atoms with E-state index >= 15 is 0 Å². The second-order valence-electron chi connectivity index (χ2n) is 5.17. The maximum Gasteiger partial charge on any atom is 0.257 e. The Hall–Kier alpha value is -1.85. The van der Waals surface area contributed by atoms with Crippen molar-refractivity contribution in [3.63, 3.8) is 0 Å². The first-order chi connectivity index (χ1) is 9.66. The Bertz CT molecular complexity index is 620. The van der Waals surface area contributed by atoms with Crippen LogP contribution in [0.2, 0.25) is 0 Å². The highest BCUT2D eigenvalue weighted by atomic mass is 16.5. The summed E-state index contributed by atoms with van der Waals surface area (Å²) >= 11 is 0. The molecule has 106 valence electrons. The zero-order chi connectivity index (χ0) is 14.1. The number of hydrogen-bond acceptors (Lipinski definition) is 4. The van der Waals surface area contributed by atoms with Crippen molar-refractivity contribution in [3.05, 3.63) is 36.1 Å². The fraction of sp³-hybridized carbons (Fsp3) is 0.400. The van der Waals surface area contributed by atoms with Gasteiger partial charge in [-0.3, -0.25) is 4.79 Å². The number of carbonyl (C=O) groups is 1. The van der Waals surface area contributed by atoms with Crippen molar-refractivity contribution in [2.24, 2.45) is 5.73 Å². The number of ether oxygens (including phenoxy) is 1. The van der Waals surface area contributed by atoms with Crippen molar-refractivity contribution in [2.75, 3.05) is 19.7 Å². The van der Waals surface area contributed by atoms with Crippen molar-refractivity contribution in [2.45, 2.75) is 19.1 Å². The van der Waals surface area contributed by atoms with E-state index in [-0.39, 0.29) is 18.1 Å². The molecule has 5 heteroatoms. The monoisotopic (exact) mass is 274 g/mol. The Balaban J connectivity index is 1.85. The Kier molecular flexibility index (Phi) is 3.46. The average molecular weight is 274 g/mol. The van der Waals surface area contributed by atoms with Crippen LogP contribution >= 0.6 is 0 Å². The summed E-state index contributed by atoms with van der Waals surface area (Å²) in [4.78, 5) is 14.4.